The number of hydrogen-bond donors (Lipinski definition) is 0. The smallest absolute Gasteiger partial charge is 0.254 e. The minimum absolute atomic E-state index is 0.104. The molecular weight excluding hydrogens is 354 g/mol. The van der Waals surface area contributed by atoms with Gasteiger partial charge in [-0.2, -0.15) is 0 Å². The van der Waals surface area contributed by atoms with E-state index in [1.54, 1.807) is 7.11 Å². The lowest BCUT2D eigenvalue weighted by molar-refractivity contribution is 0.0736. The fraction of sp³-hybridized carbons (Fsp3) is 0.316. The predicted octanol–water partition coefficient (Wildman–Crippen LogP) is 4.31. The molecule has 0 saturated carbocycles. The summed E-state index contributed by atoms with van der Waals surface area (Å²) in [5.74, 6) is 0.843. The van der Waals surface area contributed by atoms with Gasteiger partial charge in [-0.25, -0.2) is 0 Å². The molecule has 0 bridgehead atoms. The Hall–Kier alpha value is -1.81. The van der Waals surface area contributed by atoms with Crippen LogP contribution in [0.2, 0.25) is 0 Å². The van der Waals surface area contributed by atoms with Crippen LogP contribution in [0.1, 0.15) is 28.8 Å². The molecule has 1 heterocycles. The van der Waals surface area contributed by atoms with Crippen LogP contribution in [0.5, 0.6) is 5.75 Å². The van der Waals surface area contributed by atoms with Crippen molar-refractivity contribution in [2.24, 2.45) is 0 Å². The molecule has 3 rings (SSSR count). The van der Waals surface area contributed by atoms with E-state index >= 15 is 0 Å². The van der Waals surface area contributed by atoms with Crippen LogP contribution < -0.4 is 4.74 Å². The first-order valence-corrected chi connectivity index (χ1v) is 8.67. The van der Waals surface area contributed by atoms with Gasteiger partial charge in [0.1, 0.15) is 5.75 Å². The first kappa shape index (κ1) is 16.1. The Kier molecular flexibility index (Phi) is 5.01. The fourth-order valence-electron chi connectivity index (χ4n) is 3.17. The Morgan fingerprint density at radius 3 is 2.74 bits per heavy atom. The van der Waals surface area contributed by atoms with Gasteiger partial charge in [0.2, 0.25) is 0 Å². The van der Waals surface area contributed by atoms with E-state index in [9.17, 15) is 4.79 Å². The molecule has 0 spiro atoms. The van der Waals surface area contributed by atoms with Crippen LogP contribution in [0.3, 0.4) is 0 Å². The van der Waals surface area contributed by atoms with Crippen molar-refractivity contribution in [1.29, 1.82) is 0 Å². The molecule has 3 nitrogen and oxygen atoms in total. The summed E-state index contributed by atoms with van der Waals surface area (Å²) < 4.78 is 6.04. The monoisotopic (exact) mass is 373 g/mol. The average Bonchev–Trinajstić information content (AvgIpc) is 3.03. The van der Waals surface area contributed by atoms with E-state index in [1.165, 1.54) is 5.56 Å². The van der Waals surface area contributed by atoms with Crippen molar-refractivity contribution >= 4 is 21.8 Å². The van der Waals surface area contributed by atoms with Gasteiger partial charge in [0, 0.05) is 18.2 Å². The molecule has 1 unspecified atom stereocenters. The lowest BCUT2D eigenvalue weighted by Gasteiger charge is -2.25. The number of likely N-dealkylation sites (tertiary alicyclic amines) is 1. The SMILES string of the molecule is COc1ccc(C(=O)N2CCCC2Cc2ccccc2)cc1Br. The number of amides is 1. The minimum Gasteiger partial charge on any atom is -0.496 e. The second kappa shape index (κ2) is 7.18. The molecule has 1 fully saturated rings. The van der Waals surface area contributed by atoms with E-state index < -0.39 is 0 Å². The highest BCUT2D eigenvalue weighted by molar-refractivity contribution is 9.10. The molecule has 2 aromatic rings. The van der Waals surface area contributed by atoms with Gasteiger partial charge in [-0.1, -0.05) is 30.3 Å². The molecule has 2 aromatic carbocycles. The number of carbonyl (C=O) groups excluding carboxylic acids is 1. The first-order chi connectivity index (χ1) is 11.2. The molecule has 1 saturated heterocycles. The molecule has 0 N–H and O–H groups in total. The minimum atomic E-state index is 0.104. The van der Waals surface area contributed by atoms with E-state index in [0.717, 1.165) is 36.0 Å². The van der Waals surface area contributed by atoms with Gasteiger partial charge in [0.05, 0.1) is 11.6 Å². The maximum absolute atomic E-state index is 12.9. The zero-order valence-corrected chi connectivity index (χ0v) is 14.8. The molecule has 1 aliphatic rings. The van der Waals surface area contributed by atoms with Crippen LogP contribution in [0.25, 0.3) is 0 Å². The molecule has 120 valence electrons. The highest BCUT2D eigenvalue weighted by Gasteiger charge is 2.29. The normalized spacial score (nSPS) is 17.3. The molecule has 0 aromatic heterocycles. The zero-order valence-electron chi connectivity index (χ0n) is 13.2. The largest absolute Gasteiger partial charge is 0.496 e. The second-order valence-corrected chi connectivity index (χ2v) is 6.69. The molecule has 1 atom stereocenters. The average molecular weight is 374 g/mol. The molecular formula is C19H20BrNO2. The lowest BCUT2D eigenvalue weighted by atomic mass is 10.0. The maximum atomic E-state index is 12.9. The van der Waals surface area contributed by atoms with Crippen molar-refractivity contribution in [3.63, 3.8) is 0 Å². The summed E-state index contributed by atoms with van der Waals surface area (Å²) in [7, 11) is 1.62. The Bertz CT molecular complexity index is 687. The van der Waals surface area contributed by atoms with Crippen molar-refractivity contribution in [3.8, 4) is 5.75 Å². The van der Waals surface area contributed by atoms with Gasteiger partial charge < -0.3 is 9.64 Å². The standard InChI is InChI=1S/C19H20BrNO2/c1-23-18-10-9-15(13-17(18)20)19(22)21-11-5-8-16(21)12-14-6-3-2-4-7-14/h2-4,6-7,9-10,13,16H,5,8,11-12H2,1H3. The number of rotatable bonds is 4. The Morgan fingerprint density at radius 1 is 1.26 bits per heavy atom. The summed E-state index contributed by atoms with van der Waals surface area (Å²) in [4.78, 5) is 14.9. The summed E-state index contributed by atoms with van der Waals surface area (Å²) in [5.41, 5.74) is 1.99. The van der Waals surface area contributed by atoms with Crippen molar-refractivity contribution in [2.75, 3.05) is 13.7 Å². The Labute approximate surface area is 145 Å². The van der Waals surface area contributed by atoms with Crippen molar-refractivity contribution in [3.05, 3.63) is 64.1 Å². The molecule has 4 heteroatoms. The third-order valence-electron chi connectivity index (χ3n) is 4.35. The highest BCUT2D eigenvalue weighted by atomic mass is 79.9. The van der Waals surface area contributed by atoms with Gasteiger partial charge in [-0.05, 0) is 59.0 Å². The quantitative estimate of drug-likeness (QED) is 0.799. The third-order valence-corrected chi connectivity index (χ3v) is 4.97. The molecule has 1 aliphatic heterocycles. The first-order valence-electron chi connectivity index (χ1n) is 7.87. The second-order valence-electron chi connectivity index (χ2n) is 5.83. The summed E-state index contributed by atoms with van der Waals surface area (Å²) in [6.07, 6.45) is 3.06. The molecule has 0 radical (unpaired) electrons. The van der Waals surface area contributed by atoms with Crippen LogP contribution in [-0.4, -0.2) is 30.5 Å². The van der Waals surface area contributed by atoms with Crippen LogP contribution in [0, 0.1) is 0 Å². The van der Waals surface area contributed by atoms with Crippen LogP contribution in [-0.2, 0) is 6.42 Å². The number of ether oxygens (including phenoxy) is 1. The van der Waals surface area contributed by atoms with Gasteiger partial charge in [0.25, 0.3) is 5.91 Å². The van der Waals surface area contributed by atoms with Crippen LogP contribution >= 0.6 is 15.9 Å². The Morgan fingerprint density at radius 2 is 2.04 bits per heavy atom. The van der Waals surface area contributed by atoms with Crippen molar-refractivity contribution in [1.82, 2.24) is 4.90 Å². The summed E-state index contributed by atoms with van der Waals surface area (Å²) in [5, 5.41) is 0. The molecule has 23 heavy (non-hydrogen) atoms. The van der Waals surface area contributed by atoms with Crippen LogP contribution in [0.4, 0.5) is 0 Å². The predicted molar refractivity (Wildman–Crippen MR) is 94.9 cm³/mol. The number of benzene rings is 2. The molecule has 0 aliphatic carbocycles. The summed E-state index contributed by atoms with van der Waals surface area (Å²) in [6, 6.07) is 16.2. The maximum Gasteiger partial charge on any atom is 0.254 e. The third kappa shape index (κ3) is 3.58. The van der Waals surface area contributed by atoms with E-state index in [0.29, 0.717) is 5.56 Å². The molecule has 1 amide bonds. The van der Waals surface area contributed by atoms with E-state index in [-0.39, 0.29) is 11.9 Å². The highest BCUT2D eigenvalue weighted by Crippen LogP contribution is 2.28. The van der Waals surface area contributed by atoms with Gasteiger partial charge in [-0.3, -0.25) is 4.79 Å². The van der Waals surface area contributed by atoms with Crippen molar-refractivity contribution in [2.45, 2.75) is 25.3 Å². The number of halogens is 1. The van der Waals surface area contributed by atoms with Crippen LogP contribution in [0.15, 0.2) is 53.0 Å². The lowest BCUT2D eigenvalue weighted by Crippen LogP contribution is -2.36. The van der Waals surface area contributed by atoms with E-state index in [4.69, 9.17) is 4.74 Å². The Balaban J connectivity index is 1.76. The summed E-state index contributed by atoms with van der Waals surface area (Å²) >= 11 is 3.46. The topological polar surface area (TPSA) is 29.5 Å². The van der Waals surface area contributed by atoms with Gasteiger partial charge in [-0.15, -0.1) is 0 Å². The number of nitrogens with zero attached hydrogens (tertiary/aromatic N) is 1. The number of hydrogen-bond acceptors (Lipinski definition) is 2. The summed E-state index contributed by atoms with van der Waals surface area (Å²) in [6.45, 7) is 0.833. The van der Waals surface area contributed by atoms with Gasteiger partial charge >= 0.3 is 0 Å². The van der Waals surface area contributed by atoms with Gasteiger partial charge in [0.15, 0.2) is 0 Å². The fourth-order valence-corrected chi connectivity index (χ4v) is 3.71. The van der Waals surface area contributed by atoms with E-state index in [1.807, 2.05) is 29.2 Å². The number of carbonyl (C=O) groups is 1. The van der Waals surface area contributed by atoms with E-state index in [2.05, 4.69) is 40.2 Å². The van der Waals surface area contributed by atoms with Crippen molar-refractivity contribution < 1.29 is 9.53 Å². The zero-order chi connectivity index (χ0) is 16.2. The number of methoxy groups -OCH3 is 1.